The van der Waals surface area contributed by atoms with Gasteiger partial charge in [0, 0.05) is 0 Å². The molecule has 72 valence electrons. The molecule has 1 unspecified atom stereocenters. The van der Waals surface area contributed by atoms with Crippen LogP contribution in [0.1, 0.15) is 6.42 Å². The smallest absolute Gasteiger partial charge is 0.343 e. The Hall–Kier alpha value is -1.76. The minimum atomic E-state index is -1.81. The number of ether oxygens (including phenoxy) is 2. The fraction of sp³-hybridized carbons (Fsp3) is 0.333. The van der Waals surface area contributed by atoms with Gasteiger partial charge in [-0.3, -0.25) is 14.4 Å². The van der Waals surface area contributed by atoms with Gasteiger partial charge >= 0.3 is 24.9 Å². The Labute approximate surface area is 72.2 Å². The molecule has 0 bridgehead atoms. The van der Waals surface area contributed by atoms with Crippen LogP contribution in [0.25, 0.3) is 0 Å². The Morgan fingerprint density at radius 3 is 2.23 bits per heavy atom. The van der Waals surface area contributed by atoms with Gasteiger partial charge in [-0.2, -0.15) is 0 Å². The predicted molar refractivity (Wildman–Crippen MR) is 34.9 cm³/mol. The third-order valence-corrected chi connectivity index (χ3v) is 0.976. The number of esters is 2. The molecular weight excluding hydrogens is 184 g/mol. The van der Waals surface area contributed by atoms with Crippen molar-refractivity contribution in [1.82, 2.24) is 0 Å². The van der Waals surface area contributed by atoms with Gasteiger partial charge in [-0.05, 0) is 0 Å². The van der Waals surface area contributed by atoms with Crippen molar-refractivity contribution >= 4 is 24.9 Å². The van der Waals surface area contributed by atoms with E-state index in [0.29, 0.717) is 0 Å². The summed E-state index contributed by atoms with van der Waals surface area (Å²) in [4.78, 5) is 40.1. The van der Waals surface area contributed by atoms with E-state index in [1.165, 1.54) is 0 Å². The van der Waals surface area contributed by atoms with Crippen LogP contribution in [-0.4, -0.2) is 36.1 Å². The summed E-state index contributed by atoms with van der Waals surface area (Å²) in [6.45, 7) is -0.323. The average Bonchev–Trinajstić information content (AvgIpc) is 2.05. The number of aliphatic hydroxyl groups excluding tert-OH is 1. The van der Waals surface area contributed by atoms with Crippen molar-refractivity contribution in [2.75, 3.05) is 0 Å². The van der Waals surface area contributed by atoms with Crippen LogP contribution < -0.4 is 0 Å². The standard InChI is InChI=1S/C6H6O7/c7-2-12-5(10)1-4(9)6(11)13-3-8/h2-4,9H,1H2. The highest BCUT2D eigenvalue weighted by molar-refractivity contribution is 5.86. The quantitative estimate of drug-likeness (QED) is 0.307. The second-order valence-electron chi connectivity index (χ2n) is 1.84. The summed E-state index contributed by atoms with van der Waals surface area (Å²) in [6, 6.07) is 0. The van der Waals surface area contributed by atoms with Gasteiger partial charge in [-0.1, -0.05) is 0 Å². The van der Waals surface area contributed by atoms with Crippen LogP contribution >= 0.6 is 0 Å². The van der Waals surface area contributed by atoms with Gasteiger partial charge < -0.3 is 14.6 Å². The zero-order chi connectivity index (χ0) is 10.3. The molecule has 0 rings (SSSR count). The maximum absolute atomic E-state index is 10.5. The maximum Gasteiger partial charge on any atom is 0.343 e. The summed E-state index contributed by atoms with van der Waals surface area (Å²) >= 11 is 0. The molecule has 0 saturated carbocycles. The summed E-state index contributed by atoms with van der Waals surface area (Å²) < 4.78 is 7.48. The summed E-state index contributed by atoms with van der Waals surface area (Å²) in [6.07, 6.45) is -2.55. The Morgan fingerprint density at radius 2 is 1.77 bits per heavy atom. The molecule has 0 aliphatic rings. The minimum absolute atomic E-state index is 0.139. The highest BCUT2D eigenvalue weighted by Gasteiger charge is 2.21. The van der Waals surface area contributed by atoms with Crippen LogP contribution in [0.15, 0.2) is 0 Å². The third-order valence-electron chi connectivity index (χ3n) is 0.976. The normalized spacial score (nSPS) is 11.2. The molecule has 0 radical (unpaired) electrons. The van der Waals surface area contributed by atoms with Crippen molar-refractivity contribution in [3.05, 3.63) is 0 Å². The van der Waals surface area contributed by atoms with Crippen LogP contribution in [0.3, 0.4) is 0 Å². The molecule has 0 aromatic rings. The molecule has 0 spiro atoms. The van der Waals surface area contributed by atoms with Gasteiger partial charge in [0.25, 0.3) is 0 Å². The lowest BCUT2D eigenvalue weighted by Gasteiger charge is -2.03. The molecule has 0 aromatic carbocycles. The Morgan fingerprint density at radius 1 is 1.23 bits per heavy atom. The molecule has 7 nitrogen and oxygen atoms in total. The molecule has 0 fully saturated rings. The van der Waals surface area contributed by atoms with Crippen LogP contribution in [0.2, 0.25) is 0 Å². The lowest BCUT2D eigenvalue weighted by Crippen LogP contribution is -2.26. The number of hydrogen-bond donors (Lipinski definition) is 1. The van der Waals surface area contributed by atoms with Crippen molar-refractivity contribution in [1.29, 1.82) is 0 Å². The van der Waals surface area contributed by atoms with E-state index in [2.05, 4.69) is 9.47 Å². The first kappa shape index (κ1) is 11.2. The number of rotatable bonds is 5. The van der Waals surface area contributed by atoms with Crippen LogP contribution in [-0.2, 0) is 28.7 Å². The van der Waals surface area contributed by atoms with E-state index in [1.807, 2.05) is 0 Å². The van der Waals surface area contributed by atoms with Gasteiger partial charge in [0.1, 0.15) is 0 Å². The van der Waals surface area contributed by atoms with E-state index in [1.54, 1.807) is 0 Å². The van der Waals surface area contributed by atoms with Crippen molar-refractivity contribution in [3.63, 3.8) is 0 Å². The Kier molecular flexibility index (Phi) is 5.05. The molecule has 0 saturated heterocycles. The van der Waals surface area contributed by atoms with Gasteiger partial charge in [-0.15, -0.1) is 0 Å². The largest absolute Gasteiger partial charge is 0.395 e. The summed E-state index contributed by atoms with van der Waals surface area (Å²) in [5.74, 6) is -2.37. The molecule has 0 amide bonds. The monoisotopic (exact) mass is 190 g/mol. The zero-order valence-corrected chi connectivity index (χ0v) is 6.34. The SMILES string of the molecule is O=COC(=O)CC(O)C(=O)OC=O. The summed E-state index contributed by atoms with van der Waals surface area (Å²) in [5, 5.41) is 8.80. The number of carbonyl (C=O) groups is 4. The number of hydrogen-bond acceptors (Lipinski definition) is 7. The van der Waals surface area contributed by atoms with Crippen molar-refractivity contribution < 1.29 is 33.8 Å². The predicted octanol–water partition coefficient (Wildman–Crippen LogP) is -1.86. The van der Waals surface area contributed by atoms with E-state index in [-0.39, 0.29) is 12.9 Å². The molecule has 0 aliphatic carbocycles. The maximum atomic E-state index is 10.5. The topological polar surface area (TPSA) is 107 Å². The van der Waals surface area contributed by atoms with E-state index < -0.39 is 24.5 Å². The van der Waals surface area contributed by atoms with Crippen LogP contribution in [0, 0.1) is 0 Å². The van der Waals surface area contributed by atoms with E-state index in [0.717, 1.165) is 0 Å². The fourth-order valence-corrected chi connectivity index (χ4v) is 0.469. The second kappa shape index (κ2) is 5.84. The lowest BCUT2D eigenvalue weighted by atomic mass is 10.2. The van der Waals surface area contributed by atoms with Gasteiger partial charge in [0.2, 0.25) is 0 Å². The number of carbonyl (C=O) groups excluding carboxylic acids is 4. The third kappa shape index (κ3) is 4.64. The molecule has 1 atom stereocenters. The molecule has 7 heteroatoms. The first-order chi connectivity index (χ1) is 6.11. The van der Waals surface area contributed by atoms with Gasteiger partial charge in [0.15, 0.2) is 6.10 Å². The van der Waals surface area contributed by atoms with E-state index >= 15 is 0 Å². The second-order valence-corrected chi connectivity index (χ2v) is 1.84. The molecular formula is C6H6O7. The van der Waals surface area contributed by atoms with Gasteiger partial charge in [0.05, 0.1) is 6.42 Å². The highest BCUT2D eigenvalue weighted by Crippen LogP contribution is 1.95. The van der Waals surface area contributed by atoms with Crippen LogP contribution in [0.4, 0.5) is 0 Å². The van der Waals surface area contributed by atoms with Crippen molar-refractivity contribution in [2.24, 2.45) is 0 Å². The van der Waals surface area contributed by atoms with Crippen LogP contribution in [0.5, 0.6) is 0 Å². The Balaban J connectivity index is 3.90. The molecule has 1 N–H and O–H groups in total. The molecule has 13 heavy (non-hydrogen) atoms. The molecule has 0 aromatic heterocycles. The van der Waals surface area contributed by atoms with Crippen molar-refractivity contribution in [3.8, 4) is 0 Å². The molecule has 0 heterocycles. The van der Waals surface area contributed by atoms with Crippen molar-refractivity contribution in [2.45, 2.75) is 12.5 Å². The first-order valence-corrected chi connectivity index (χ1v) is 3.07. The lowest BCUT2D eigenvalue weighted by molar-refractivity contribution is -0.164. The summed E-state index contributed by atoms with van der Waals surface area (Å²) in [5.41, 5.74) is 0. The van der Waals surface area contributed by atoms with E-state index in [4.69, 9.17) is 5.11 Å². The first-order valence-electron chi connectivity index (χ1n) is 3.07. The minimum Gasteiger partial charge on any atom is -0.395 e. The van der Waals surface area contributed by atoms with E-state index in [9.17, 15) is 19.2 Å². The average molecular weight is 190 g/mol. The highest BCUT2D eigenvalue weighted by atomic mass is 16.6. The number of aliphatic hydroxyl groups is 1. The zero-order valence-electron chi connectivity index (χ0n) is 6.34. The summed E-state index contributed by atoms with van der Waals surface area (Å²) in [7, 11) is 0. The Bertz CT molecular complexity index is 221. The van der Waals surface area contributed by atoms with Gasteiger partial charge in [-0.25, -0.2) is 4.79 Å². The fourth-order valence-electron chi connectivity index (χ4n) is 0.469. The molecule has 0 aliphatic heterocycles.